The van der Waals surface area contributed by atoms with Crippen molar-refractivity contribution in [3.8, 4) is 0 Å². The van der Waals surface area contributed by atoms with Crippen LogP contribution in [0.4, 0.5) is 4.39 Å². The van der Waals surface area contributed by atoms with Gasteiger partial charge in [-0.25, -0.2) is 4.39 Å². The van der Waals surface area contributed by atoms with E-state index in [-0.39, 0.29) is 28.7 Å². The summed E-state index contributed by atoms with van der Waals surface area (Å²) in [5.74, 6) is 0.930. The fourth-order valence-corrected chi connectivity index (χ4v) is 9.52. The van der Waals surface area contributed by atoms with Crippen LogP contribution in [0.2, 0.25) is 0 Å². The Labute approximate surface area is 231 Å². The number of fused-ring (bicyclic) bond motifs is 5. The molecule has 1 aromatic carbocycles. The molecule has 3 N–H and O–H groups in total. The summed E-state index contributed by atoms with van der Waals surface area (Å²) in [5.41, 5.74) is 1.21. The van der Waals surface area contributed by atoms with Crippen LogP contribution < -0.4 is 0 Å². The molecule has 1 heterocycles. The van der Waals surface area contributed by atoms with Crippen molar-refractivity contribution >= 4 is 5.57 Å². The van der Waals surface area contributed by atoms with Gasteiger partial charge < -0.3 is 29.5 Å². The highest BCUT2D eigenvalue weighted by molar-refractivity contribution is 5.74. The zero-order chi connectivity index (χ0) is 27.7. The third-order valence-corrected chi connectivity index (χ3v) is 11.9. The van der Waals surface area contributed by atoms with Gasteiger partial charge in [-0.2, -0.15) is 0 Å². The maximum absolute atomic E-state index is 13.6. The topological polar surface area (TPSA) is 88.4 Å². The number of aliphatic hydroxyl groups is 3. The number of ether oxygens (including phenoxy) is 3. The van der Waals surface area contributed by atoms with E-state index in [1.54, 1.807) is 6.92 Å². The molecule has 1 aliphatic heterocycles. The monoisotopic (exact) mass is 544 g/mol. The first-order valence-electron chi connectivity index (χ1n) is 14.9. The summed E-state index contributed by atoms with van der Waals surface area (Å²) in [6.07, 6.45) is 5.74. The van der Waals surface area contributed by atoms with Crippen LogP contribution in [0, 0.1) is 34.4 Å². The Balaban J connectivity index is 1.16. The second-order valence-electron chi connectivity index (χ2n) is 13.5. The summed E-state index contributed by atoms with van der Waals surface area (Å²) in [4.78, 5) is 0. The fraction of sp³-hybridized carbons (Fsp3) is 0.750. The summed E-state index contributed by atoms with van der Waals surface area (Å²) in [6.45, 7) is 6.44. The van der Waals surface area contributed by atoms with Crippen LogP contribution in [-0.4, -0.2) is 64.8 Å². The SMILES string of the molecule is CO[C@@H]1[C@@H](O)[C@H](OC2CC[C@@]3(C)C(CC[C@@H]4[C@H]3CC[C@]3(C)C(c5ccc(F)cc5)=CC[C@@]43O)C2)O[C@H](C)[C@H]1O. The highest BCUT2D eigenvalue weighted by atomic mass is 19.1. The van der Waals surface area contributed by atoms with E-state index in [1.165, 1.54) is 24.8 Å². The van der Waals surface area contributed by atoms with E-state index in [1.807, 2.05) is 12.1 Å². The van der Waals surface area contributed by atoms with Crippen molar-refractivity contribution in [1.82, 2.24) is 0 Å². The summed E-state index contributed by atoms with van der Waals surface area (Å²) in [6, 6.07) is 6.75. The lowest BCUT2D eigenvalue weighted by atomic mass is 9.43. The van der Waals surface area contributed by atoms with Crippen molar-refractivity contribution in [3.63, 3.8) is 0 Å². The standard InChI is InChI=1S/C32H45FO6/c1-18-26(34)28(37-4)27(35)29(38-18)39-22-11-14-30(2)20(17-22)7-10-25-24(30)12-15-31(3)23(13-16-32(25,31)36)19-5-8-21(33)9-6-19/h5-6,8-9,13,18,20,22,24-29,34-36H,7,10-12,14-17H2,1-4H3/t18-,20?,22?,24-,25-,26-,27-,28+,29+,30+,31-,32-/m1/s1. The van der Waals surface area contributed by atoms with Gasteiger partial charge in [-0.1, -0.05) is 32.1 Å². The van der Waals surface area contributed by atoms with E-state index >= 15 is 0 Å². The molecule has 4 fully saturated rings. The van der Waals surface area contributed by atoms with Gasteiger partial charge in [-0.05, 0) is 105 Å². The number of aliphatic hydroxyl groups excluding tert-OH is 2. The number of hydrogen-bond acceptors (Lipinski definition) is 6. The third-order valence-electron chi connectivity index (χ3n) is 11.9. The van der Waals surface area contributed by atoms with E-state index in [2.05, 4.69) is 19.9 Å². The smallest absolute Gasteiger partial charge is 0.186 e. The number of methoxy groups -OCH3 is 1. The maximum Gasteiger partial charge on any atom is 0.186 e. The van der Waals surface area contributed by atoms with E-state index in [0.717, 1.165) is 50.5 Å². The third kappa shape index (κ3) is 4.18. The molecule has 39 heavy (non-hydrogen) atoms. The Hall–Kier alpha value is -1.35. The van der Waals surface area contributed by atoms with Crippen LogP contribution in [-0.2, 0) is 14.2 Å². The molecule has 0 aromatic heterocycles. The van der Waals surface area contributed by atoms with Crippen molar-refractivity contribution < 1.29 is 33.9 Å². The second-order valence-corrected chi connectivity index (χ2v) is 13.5. The van der Waals surface area contributed by atoms with Crippen molar-refractivity contribution in [2.24, 2.45) is 28.6 Å². The van der Waals surface area contributed by atoms with Crippen LogP contribution in [0.15, 0.2) is 30.3 Å². The van der Waals surface area contributed by atoms with Crippen molar-refractivity contribution in [2.75, 3.05) is 7.11 Å². The summed E-state index contributed by atoms with van der Waals surface area (Å²) >= 11 is 0. The van der Waals surface area contributed by atoms with Crippen molar-refractivity contribution in [2.45, 2.75) is 115 Å². The Morgan fingerprint density at radius 3 is 2.44 bits per heavy atom. The average Bonchev–Trinajstić information content (AvgIpc) is 3.19. The van der Waals surface area contributed by atoms with E-state index in [9.17, 15) is 19.7 Å². The Bertz CT molecular complexity index is 1090. The highest BCUT2D eigenvalue weighted by Gasteiger charge is 2.65. The molecule has 0 amide bonds. The molecule has 6 nitrogen and oxygen atoms in total. The van der Waals surface area contributed by atoms with Gasteiger partial charge in [0.05, 0.1) is 17.8 Å². The molecule has 0 radical (unpaired) electrons. The molecule has 5 aliphatic rings. The molecular formula is C32H45FO6. The largest absolute Gasteiger partial charge is 0.388 e. The van der Waals surface area contributed by atoms with Gasteiger partial charge in [0.15, 0.2) is 6.29 Å². The van der Waals surface area contributed by atoms with E-state index in [0.29, 0.717) is 18.3 Å². The van der Waals surface area contributed by atoms with Crippen LogP contribution >= 0.6 is 0 Å². The molecule has 0 spiro atoms. The van der Waals surface area contributed by atoms with Gasteiger partial charge >= 0.3 is 0 Å². The van der Waals surface area contributed by atoms with Gasteiger partial charge in [0.25, 0.3) is 0 Å². The molecule has 1 saturated heterocycles. The van der Waals surface area contributed by atoms with Crippen molar-refractivity contribution in [3.05, 3.63) is 41.7 Å². The lowest BCUT2D eigenvalue weighted by Gasteiger charge is -2.63. The Kier molecular flexibility index (Phi) is 7.05. The molecule has 3 saturated carbocycles. The molecule has 216 valence electrons. The van der Waals surface area contributed by atoms with Crippen LogP contribution in [0.1, 0.15) is 77.7 Å². The maximum atomic E-state index is 13.6. The minimum atomic E-state index is -1.04. The number of benzene rings is 1. The molecule has 7 heteroatoms. The zero-order valence-electron chi connectivity index (χ0n) is 23.7. The summed E-state index contributed by atoms with van der Waals surface area (Å²) < 4.78 is 31.2. The van der Waals surface area contributed by atoms with Crippen molar-refractivity contribution in [1.29, 1.82) is 0 Å². The van der Waals surface area contributed by atoms with Gasteiger partial charge in [0, 0.05) is 12.5 Å². The first kappa shape index (κ1) is 27.8. The Morgan fingerprint density at radius 1 is 0.974 bits per heavy atom. The quantitative estimate of drug-likeness (QED) is 0.470. The predicted molar refractivity (Wildman–Crippen MR) is 145 cm³/mol. The van der Waals surface area contributed by atoms with Gasteiger partial charge in [-0.3, -0.25) is 0 Å². The van der Waals surface area contributed by atoms with Crippen LogP contribution in [0.3, 0.4) is 0 Å². The Morgan fingerprint density at radius 2 is 1.72 bits per heavy atom. The molecule has 2 unspecified atom stereocenters. The van der Waals surface area contributed by atoms with Crippen LogP contribution in [0.25, 0.3) is 5.57 Å². The first-order chi connectivity index (χ1) is 18.5. The normalized spacial score (nSPS) is 49.5. The molecule has 1 aromatic rings. The molecule has 12 atom stereocenters. The van der Waals surface area contributed by atoms with E-state index < -0.39 is 36.3 Å². The molecule has 6 rings (SSSR count). The number of rotatable bonds is 4. The number of halogens is 1. The summed E-state index contributed by atoms with van der Waals surface area (Å²) in [5, 5.41) is 33.5. The molecule has 4 aliphatic carbocycles. The fourth-order valence-electron chi connectivity index (χ4n) is 9.52. The first-order valence-corrected chi connectivity index (χ1v) is 14.9. The lowest BCUT2D eigenvalue weighted by molar-refractivity contribution is -0.313. The highest BCUT2D eigenvalue weighted by Crippen LogP contribution is 2.69. The molecular weight excluding hydrogens is 499 g/mol. The minimum Gasteiger partial charge on any atom is -0.388 e. The van der Waals surface area contributed by atoms with Gasteiger partial charge in [-0.15, -0.1) is 0 Å². The number of hydrogen-bond donors (Lipinski definition) is 3. The van der Waals surface area contributed by atoms with E-state index in [4.69, 9.17) is 14.2 Å². The zero-order valence-corrected chi connectivity index (χ0v) is 23.7. The second kappa shape index (κ2) is 9.88. The molecule has 0 bridgehead atoms. The minimum absolute atomic E-state index is 0.0191. The lowest BCUT2D eigenvalue weighted by Crippen LogP contribution is -2.62. The van der Waals surface area contributed by atoms with Crippen LogP contribution in [0.5, 0.6) is 0 Å². The average molecular weight is 545 g/mol. The van der Waals surface area contributed by atoms with Gasteiger partial charge in [0.1, 0.15) is 24.1 Å². The summed E-state index contributed by atoms with van der Waals surface area (Å²) in [7, 11) is 1.49. The predicted octanol–water partition coefficient (Wildman–Crippen LogP) is 4.84. The van der Waals surface area contributed by atoms with Gasteiger partial charge in [0.2, 0.25) is 0 Å².